The Balaban J connectivity index is 1.44. The Morgan fingerprint density at radius 2 is 1.53 bits per heavy atom. The van der Waals surface area contributed by atoms with Crippen LogP contribution in [0.3, 0.4) is 0 Å². The molecule has 4 aromatic rings. The molecule has 0 unspecified atom stereocenters. The van der Waals surface area contributed by atoms with Crippen molar-refractivity contribution in [2.75, 3.05) is 4.72 Å². The first kappa shape index (κ1) is 23.2. The molecular formula is C25H21N3O4S2. The van der Waals surface area contributed by atoms with Crippen molar-refractivity contribution < 1.29 is 17.9 Å². The molecular weight excluding hydrogens is 470 g/mol. The second-order valence-electron chi connectivity index (χ2n) is 7.16. The summed E-state index contributed by atoms with van der Waals surface area (Å²) in [6.45, 7) is 1.76. The highest BCUT2D eigenvalue weighted by atomic mass is 32.2. The molecule has 2 N–H and O–H groups in total. The summed E-state index contributed by atoms with van der Waals surface area (Å²) in [6, 6.07) is 26.3. The van der Waals surface area contributed by atoms with E-state index in [9.17, 15) is 13.2 Å². The van der Waals surface area contributed by atoms with Crippen LogP contribution >= 0.6 is 11.3 Å². The molecule has 4 rings (SSSR count). The van der Waals surface area contributed by atoms with E-state index in [0.29, 0.717) is 11.5 Å². The van der Waals surface area contributed by atoms with Crippen LogP contribution in [0.4, 0.5) is 5.69 Å². The number of hydrogen-bond acceptors (Lipinski definition) is 6. The maximum Gasteiger partial charge on any atom is 0.273 e. The third kappa shape index (κ3) is 5.69. The second kappa shape index (κ2) is 10.3. The van der Waals surface area contributed by atoms with E-state index in [2.05, 4.69) is 15.2 Å². The van der Waals surface area contributed by atoms with Crippen molar-refractivity contribution in [3.8, 4) is 11.5 Å². The number of rotatable bonds is 8. The standard InChI is InChI=1S/C25H21N3O4S2/c1-18(19-13-15-21(16-14-19)32-20-8-3-2-4-9-20)26-27-25(29)22-10-5-6-11-23(22)28-34(30,31)24-12-7-17-33-24/h2-17,28H,1H3,(H,27,29)/b26-18-. The molecule has 0 spiro atoms. The van der Waals surface area contributed by atoms with Crippen molar-refractivity contribution in [1.82, 2.24) is 5.43 Å². The largest absolute Gasteiger partial charge is 0.457 e. The Hall–Kier alpha value is -3.95. The highest BCUT2D eigenvalue weighted by Gasteiger charge is 2.19. The molecule has 9 heteroatoms. The van der Waals surface area contributed by atoms with Crippen LogP contribution < -0.4 is 14.9 Å². The van der Waals surface area contributed by atoms with Gasteiger partial charge in [-0.3, -0.25) is 9.52 Å². The summed E-state index contributed by atoms with van der Waals surface area (Å²) in [5.41, 5.74) is 4.20. The number of ether oxygens (including phenoxy) is 1. The van der Waals surface area contributed by atoms with Crippen molar-refractivity contribution in [2.24, 2.45) is 5.10 Å². The van der Waals surface area contributed by atoms with Crippen LogP contribution in [0.25, 0.3) is 0 Å². The van der Waals surface area contributed by atoms with Gasteiger partial charge < -0.3 is 4.74 Å². The van der Waals surface area contributed by atoms with Gasteiger partial charge in [0.2, 0.25) is 0 Å². The minimum Gasteiger partial charge on any atom is -0.457 e. The first-order chi connectivity index (χ1) is 16.4. The molecule has 1 aromatic heterocycles. The average Bonchev–Trinajstić information content (AvgIpc) is 3.40. The van der Waals surface area contributed by atoms with Crippen molar-refractivity contribution in [3.05, 3.63) is 108 Å². The van der Waals surface area contributed by atoms with Crippen LogP contribution in [0.15, 0.2) is 106 Å². The summed E-state index contributed by atoms with van der Waals surface area (Å²) in [5, 5.41) is 5.84. The number of thiophene rings is 1. The lowest BCUT2D eigenvalue weighted by Gasteiger charge is -2.11. The minimum absolute atomic E-state index is 0.158. The van der Waals surface area contributed by atoms with E-state index in [-0.39, 0.29) is 15.5 Å². The summed E-state index contributed by atoms with van der Waals surface area (Å²) >= 11 is 1.09. The molecule has 7 nitrogen and oxygen atoms in total. The lowest BCUT2D eigenvalue weighted by molar-refractivity contribution is 0.0955. The fourth-order valence-corrected chi connectivity index (χ4v) is 5.10. The smallest absolute Gasteiger partial charge is 0.273 e. The van der Waals surface area contributed by atoms with E-state index < -0.39 is 15.9 Å². The van der Waals surface area contributed by atoms with Gasteiger partial charge in [0, 0.05) is 0 Å². The van der Waals surface area contributed by atoms with Gasteiger partial charge in [-0.1, -0.05) is 36.4 Å². The van der Waals surface area contributed by atoms with Crippen molar-refractivity contribution in [1.29, 1.82) is 0 Å². The van der Waals surface area contributed by atoms with Gasteiger partial charge in [0.25, 0.3) is 15.9 Å². The molecule has 0 saturated carbocycles. The Morgan fingerprint density at radius 1 is 0.853 bits per heavy atom. The first-order valence-corrected chi connectivity index (χ1v) is 12.6. The number of nitrogens with zero attached hydrogens (tertiary/aromatic N) is 1. The number of sulfonamides is 1. The minimum atomic E-state index is -3.79. The number of amides is 1. The van der Waals surface area contributed by atoms with Gasteiger partial charge in [-0.15, -0.1) is 11.3 Å². The monoisotopic (exact) mass is 491 g/mol. The molecule has 0 atom stereocenters. The average molecular weight is 492 g/mol. The first-order valence-electron chi connectivity index (χ1n) is 10.3. The van der Waals surface area contributed by atoms with E-state index in [1.165, 1.54) is 18.2 Å². The third-order valence-electron chi connectivity index (χ3n) is 4.75. The highest BCUT2D eigenvalue weighted by Crippen LogP contribution is 2.23. The van der Waals surface area contributed by atoms with Gasteiger partial charge in [0.15, 0.2) is 0 Å². The van der Waals surface area contributed by atoms with Gasteiger partial charge >= 0.3 is 0 Å². The molecule has 3 aromatic carbocycles. The second-order valence-corrected chi connectivity index (χ2v) is 10.0. The maximum absolute atomic E-state index is 12.8. The number of carbonyl (C=O) groups is 1. The summed E-state index contributed by atoms with van der Waals surface area (Å²) in [7, 11) is -3.79. The highest BCUT2D eigenvalue weighted by molar-refractivity contribution is 7.94. The van der Waals surface area contributed by atoms with Crippen LogP contribution in [0.5, 0.6) is 11.5 Å². The molecule has 1 heterocycles. The number of hydrogen-bond donors (Lipinski definition) is 2. The fourth-order valence-electron chi connectivity index (χ4n) is 3.03. The lowest BCUT2D eigenvalue weighted by Crippen LogP contribution is -2.22. The number of para-hydroxylation sites is 2. The Kier molecular flexibility index (Phi) is 7.05. The topological polar surface area (TPSA) is 96.9 Å². The molecule has 0 saturated heterocycles. The van der Waals surface area contributed by atoms with Crippen LogP contribution in [0.1, 0.15) is 22.8 Å². The number of anilines is 1. The van der Waals surface area contributed by atoms with Crippen LogP contribution in [-0.4, -0.2) is 20.0 Å². The number of nitrogens with one attached hydrogen (secondary N) is 2. The molecule has 0 aliphatic heterocycles. The Labute approximate surface area is 201 Å². The van der Waals surface area contributed by atoms with E-state index >= 15 is 0 Å². The molecule has 0 aliphatic carbocycles. The SMILES string of the molecule is C/C(=N/NC(=O)c1ccccc1NS(=O)(=O)c1cccs1)c1ccc(Oc2ccccc2)cc1. The zero-order chi connectivity index (χ0) is 24.0. The molecule has 1 amide bonds. The van der Waals surface area contributed by atoms with Crippen LogP contribution in [0, 0.1) is 0 Å². The predicted molar refractivity (Wildman–Crippen MR) is 134 cm³/mol. The summed E-state index contributed by atoms with van der Waals surface area (Å²) in [5.74, 6) is 0.882. The van der Waals surface area contributed by atoms with Gasteiger partial charge in [0.05, 0.1) is 17.0 Å². The number of benzene rings is 3. The predicted octanol–water partition coefficient (Wildman–Crippen LogP) is 5.50. The summed E-state index contributed by atoms with van der Waals surface area (Å²) < 4.78 is 33.5. The van der Waals surface area contributed by atoms with Crippen molar-refractivity contribution in [3.63, 3.8) is 0 Å². The van der Waals surface area contributed by atoms with E-state index in [4.69, 9.17) is 4.74 Å². The molecule has 0 aliphatic rings. The summed E-state index contributed by atoms with van der Waals surface area (Å²) in [4.78, 5) is 12.8. The van der Waals surface area contributed by atoms with Crippen molar-refractivity contribution in [2.45, 2.75) is 11.1 Å². The number of carbonyl (C=O) groups excluding carboxylic acids is 1. The van der Waals surface area contributed by atoms with Gasteiger partial charge in [0.1, 0.15) is 15.7 Å². The van der Waals surface area contributed by atoms with Crippen LogP contribution in [0.2, 0.25) is 0 Å². The third-order valence-corrected chi connectivity index (χ3v) is 7.52. The normalized spacial score (nSPS) is 11.6. The van der Waals surface area contributed by atoms with Crippen molar-refractivity contribution >= 4 is 38.7 Å². The molecule has 0 fully saturated rings. The molecule has 172 valence electrons. The van der Waals surface area contributed by atoms with Gasteiger partial charge in [-0.2, -0.15) is 5.10 Å². The van der Waals surface area contributed by atoms with E-state index in [1.807, 2.05) is 54.6 Å². The van der Waals surface area contributed by atoms with E-state index in [1.54, 1.807) is 30.5 Å². The van der Waals surface area contributed by atoms with Crippen LogP contribution in [-0.2, 0) is 10.0 Å². The molecule has 34 heavy (non-hydrogen) atoms. The number of hydrazone groups is 1. The van der Waals surface area contributed by atoms with E-state index in [0.717, 1.165) is 22.6 Å². The Morgan fingerprint density at radius 3 is 2.24 bits per heavy atom. The fraction of sp³-hybridized carbons (Fsp3) is 0.0400. The maximum atomic E-state index is 12.8. The quantitative estimate of drug-likeness (QED) is 0.251. The zero-order valence-corrected chi connectivity index (χ0v) is 19.8. The molecule has 0 radical (unpaired) electrons. The summed E-state index contributed by atoms with van der Waals surface area (Å²) in [6.07, 6.45) is 0. The Bertz CT molecular complexity index is 1400. The van der Waals surface area contributed by atoms with Gasteiger partial charge in [-0.25, -0.2) is 13.8 Å². The zero-order valence-electron chi connectivity index (χ0n) is 18.1. The van der Waals surface area contributed by atoms with Gasteiger partial charge in [-0.05, 0) is 72.5 Å². The molecule has 0 bridgehead atoms. The lowest BCUT2D eigenvalue weighted by atomic mass is 10.1.